The van der Waals surface area contributed by atoms with Crippen molar-refractivity contribution in [3.63, 3.8) is 0 Å². The lowest BCUT2D eigenvalue weighted by Gasteiger charge is -2.18. The first-order chi connectivity index (χ1) is 9.83. The minimum atomic E-state index is 0.493. The van der Waals surface area contributed by atoms with Crippen molar-refractivity contribution in [3.8, 4) is 0 Å². The van der Waals surface area contributed by atoms with Crippen LogP contribution in [0.25, 0.3) is 11.0 Å². The highest BCUT2D eigenvalue weighted by Gasteiger charge is 2.17. The standard InChI is InChI=1S/C17H20N2O/c1-3-13(4-2)19-16-10-6-5-9-15(16)18-17(19)12-14-8-7-11-20-14/h5-11,13H,3-4,12H2,1-2H3. The molecule has 3 heteroatoms. The summed E-state index contributed by atoms with van der Waals surface area (Å²) < 4.78 is 7.87. The van der Waals surface area contributed by atoms with Gasteiger partial charge < -0.3 is 8.98 Å². The minimum Gasteiger partial charge on any atom is -0.469 e. The summed E-state index contributed by atoms with van der Waals surface area (Å²) in [6.07, 6.45) is 4.70. The van der Waals surface area contributed by atoms with Crippen LogP contribution in [0.1, 0.15) is 44.3 Å². The summed E-state index contributed by atoms with van der Waals surface area (Å²) in [5, 5.41) is 0. The molecule has 3 aromatic rings. The summed E-state index contributed by atoms with van der Waals surface area (Å²) in [7, 11) is 0. The Labute approximate surface area is 119 Å². The van der Waals surface area contributed by atoms with Gasteiger partial charge in [0.1, 0.15) is 11.6 Å². The largest absolute Gasteiger partial charge is 0.469 e. The fourth-order valence-electron chi connectivity index (χ4n) is 2.85. The molecule has 3 rings (SSSR count). The second-order valence-electron chi connectivity index (χ2n) is 5.11. The van der Waals surface area contributed by atoms with E-state index in [1.807, 2.05) is 18.2 Å². The van der Waals surface area contributed by atoms with Crippen LogP contribution in [0.3, 0.4) is 0 Å². The smallest absolute Gasteiger partial charge is 0.117 e. The molecule has 0 amide bonds. The van der Waals surface area contributed by atoms with Crippen LogP contribution in [-0.4, -0.2) is 9.55 Å². The number of furan rings is 1. The molecule has 2 heterocycles. The molecule has 0 radical (unpaired) electrons. The van der Waals surface area contributed by atoms with Gasteiger partial charge in [0, 0.05) is 6.04 Å². The van der Waals surface area contributed by atoms with E-state index in [2.05, 4.69) is 36.6 Å². The molecule has 0 spiro atoms. The average molecular weight is 268 g/mol. The number of benzene rings is 1. The van der Waals surface area contributed by atoms with E-state index in [1.165, 1.54) is 5.52 Å². The fourth-order valence-corrected chi connectivity index (χ4v) is 2.85. The van der Waals surface area contributed by atoms with Gasteiger partial charge in [-0.05, 0) is 37.1 Å². The Kier molecular flexibility index (Phi) is 3.59. The number of imidazole rings is 1. The summed E-state index contributed by atoms with van der Waals surface area (Å²) in [5.74, 6) is 2.06. The van der Waals surface area contributed by atoms with Crippen molar-refractivity contribution in [2.75, 3.05) is 0 Å². The van der Waals surface area contributed by atoms with Gasteiger partial charge in [-0.3, -0.25) is 0 Å². The van der Waals surface area contributed by atoms with Crippen LogP contribution in [0.2, 0.25) is 0 Å². The van der Waals surface area contributed by atoms with Crippen molar-refractivity contribution < 1.29 is 4.42 Å². The molecule has 0 aliphatic carbocycles. The van der Waals surface area contributed by atoms with E-state index in [9.17, 15) is 0 Å². The molecule has 0 saturated carbocycles. The molecule has 0 aliphatic heterocycles. The van der Waals surface area contributed by atoms with Gasteiger partial charge in [-0.1, -0.05) is 26.0 Å². The molecule has 3 nitrogen and oxygen atoms in total. The Hall–Kier alpha value is -2.03. The van der Waals surface area contributed by atoms with Crippen molar-refractivity contribution in [1.82, 2.24) is 9.55 Å². The zero-order valence-electron chi connectivity index (χ0n) is 12.0. The number of para-hydroxylation sites is 2. The first-order valence-corrected chi connectivity index (χ1v) is 7.31. The molecule has 1 aromatic carbocycles. The van der Waals surface area contributed by atoms with Gasteiger partial charge in [-0.15, -0.1) is 0 Å². The molecule has 0 unspecified atom stereocenters. The van der Waals surface area contributed by atoms with E-state index in [-0.39, 0.29) is 0 Å². The quantitative estimate of drug-likeness (QED) is 0.678. The topological polar surface area (TPSA) is 31.0 Å². The predicted molar refractivity (Wildman–Crippen MR) is 80.9 cm³/mol. The molecule has 20 heavy (non-hydrogen) atoms. The fraction of sp³-hybridized carbons (Fsp3) is 0.353. The molecule has 0 bridgehead atoms. The lowest BCUT2D eigenvalue weighted by atomic mass is 10.1. The highest BCUT2D eigenvalue weighted by atomic mass is 16.3. The van der Waals surface area contributed by atoms with Gasteiger partial charge in [0.05, 0.1) is 23.7 Å². The summed E-state index contributed by atoms with van der Waals surface area (Å²) >= 11 is 0. The van der Waals surface area contributed by atoms with Crippen LogP contribution < -0.4 is 0 Å². The van der Waals surface area contributed by atoms with E-state index in [1.54, 1.807) is 6.26 Å². The molecule has 0 saturated heterocycles. The molecular formula is C17H20N2O. The van der Waals surface area contributed by atoms with Gasteiger partial charge in [-0.25, -0.2) is 4.98 Å². The minimum absolute atomic E-state index is 0.493. The Morgan fingerprint density at radius 2 is 1.90 bits per heavy atom. The second-order valence-corrected chi connectivity index (χ2v) is 5.11. The molecular weight excluding hydrogens is 248 g/mol. The normalized spacial score (nSPS) is 11.6. The highest BCUT2D eigenvalue weighted by molar-refractivity contribution is 5.76. The van der Waals surface area contributed by atoms with Crippen LogP contribution >= 0.6 is 0 Å². The van der Waals surface area contributed by atoms with Crippen molar-refractivity contribution in [3.05, 3.63) is 54.2 Å². The monoisotopic (exact) mass is 268 g/mol. The van der Waals surface area contributed by atoms with Crippen LogP contribution in [0.15, 0.2) is 47.1 Å². The number of hydrogen-bond donors (Lipinski definition) is 0. The number of fused-ring (bicyclic) bond motifs is 1. The van der Waals surface area contributed by atoms with Crippen molar-refractivity contribution in [1.29, 1.82) is 0 Å². The third-order valence-electron chi connectivity index (χ3n) is 3.89. The van der Waals surface area contributed by atoms with Crippen LogP contribution in [0, 0.1) is 0 Å². The Morgan fingerprint density at radius 3 is 2.60 bits per heavy atom. The van der Waals surface area contributed by atoms with Crippen LogP contribution in [0.4, 0.5) is 0 Å². The van der Waals surface area contributed by atoms with E-state index < -0.39 is 0 Å². The number of rotatable bonds is 5. The van der Waals surface area contributed by atoms with Gasteiger partial charge in [-0.2, -0.15) is 0 Å². The maximum Gasteiger partial charge on any atom is 0.117 e. The van der Waals surface area contributed by atoms with Gasteiger partial charge in [0.2, 0.25) is 0 Å². The third-order valence-corrected chi connectivity index (χ3v) is 3.89. The van der Waals surface area contributed by atoms with Crippen molar-refractivity contribution in [2.45, 2.75) is 39.2 Å². The molecule has 0 fully saturated rings. The maximum absolute atomic E-state index is 5.48. The van der Waals surface area contributed by atoms with Gasteiger partial charge in [0.25, 0.3) is 0 Å². The molecule has 2 aromatic heterocycles. The maximum atomic E-state index is 5.48. The lowest BCUT2D eigenvalue weighted by molar-refractivity contribution is 0.458. The van der Waals surface area contributed by atoms with E-state index in [4.69, 9.17) is 9.40 Å². The summed E-state index contributed by atoms with van der Waals surface area (Å²) in [6.45, 7) is 4.47. The average Bonchev–Trinajstić information content (AvgIpc) is 3.09. The van der Waals surface area contributed by atoms with Gasteiger partial charge in [0.15, 0.2) is 0 Å². The van der Waals surface area contributed by atoms with Crippen LogP contribution in [-0.2, 0) is 6.42 Å². The second kappa shape index (κ2) is 5.53. The third kappa shape index (κ3) is 2.24. The van der Waals surface area contributed by atoms with E-state index in [0.717, 1.165) is 36.4 Å². The van der Waals surface area contributed by atoms with Crippen molar-refractivity contribution in [2.24, 2.45) is 0 Å². The summed E-state index contributed by atoms with van der Waals surface area (Å²) in [5.41, 5.74) is 2.30. The molecule has 0 atom stereocenters. The molecule has 104 valence electrons. The Morgan fingerprint density at radius 1 is 1.10 bits per heavy atom. The van der Waals surface area contributed by atoms with Crippen LogP contribution in [0.5, 0.6) is 0 Å². The predicted octanol–water partition coefficient (Wildman–Crippen LogP) is 4.58. The zero-order chi connectivity index (χ0) is 13.9. The SMILES string of the molecule is CCC(CC)n1c(Cc2ccco2)nc2ccccc21. The number of aromatic nitrogens is 2. The lowest BCUT2D eigenvalue weighted by Crippen LogP contribution is -2.11. The first-order valence-electron chi connectivity index (χ1n) is 7.31. The zero-order valence-corrected chi connectivity index (χ0v) is 12.0. The Balaban J connectivity index is 2.11. The number of hydrogen-bond acceptors (Lipinski definition) is 2. The Bertz CT molecular complexity index is 678. The highest BCUT2D eigenvalue weighted by Crippen LogP contribution is 2.26. The molecule has 0 aliphatic rings. The molecule has 0 N–H and O–H groups in total. The first kappa shape index (κ1) is 13.0. The van der Waals surface area contributed by atoms with Crippen molar-refractivity contribution >= 4 is 11.0 Å². The summed E-state index contributed by atoms with van der Waals surface area (Å²) in [6, 6.07) is 12.8. The van der Waals surface area contributed by atoms with E-state index in [0.29, 0.717) is 6.04 Å². The number of nitrogens with zero attached hydrogens (tertiary/aromatic N) is 2. The van der Waals surface area contributed by atoms with Gasteiger partial charge >= 0.3 is 0 Å². The summed E-state index contributed by atoms with van der Waals surface area (Å²) in [4.78, 5) is 4.81. The van der Waals surface area contributed by atoms with E-state index >= 15 is 0 Å².